The Labute approximate surface area is 124 Å². The summed E-state index contributed by atoms with van der Waals surface area (Å²) in [5.74, 6) is 2.29. The van der Waals surface area contributed by atoms with Crippen molar-refractivity contribution in [1.29, 1.82) is 0 Å². The van der Waals surface area contributed by atoms with E-state index in [1.165, 1.54) is 6.33 Å². The molecule has 1 N–H and O–H groups in total. The van der Waals surface area contributed by atoms with Crippen molar-refractivity contribution in [2.75, 3.05) is 11.9 Å². The van der Waals surface area contributed by atoms with Crippen LogP contribution in [0.15, 0.2) is 30.6 Å². The van der Waals surface area contributed by atoms with Gasteiger partial charge in [0.1, 0.15) is 17.9 Å². The van der Waals surface area contributed by atoms with Gasteiger partial charge in [-0.05, 0) is 31.0 Å². The van der Waals surface area contributed by atoms with E-state index in [0.717, 1.165) is 17.9 Å². The summed E-state index contributed by atoms with van der Waals surface area (Å²) >= 11 is 5.97. The summed E-state index contributed by atoms with van der Waals surface area (Å²) in [6.07, 6.45) is 1.50. The molecule has 0 saturated carbocycles. The van der Waals surface area contributed by atoms with Gasteiger partial charge in [-0.2, -0.15) is 0 Å². The molecule has 5 heteroatoms. The third kappa shape index (κ3) is 3.39. The highest BCUT2D eigenvalue weighted by Gasteiger charge is 2.16. The zero-order valence-corrected chi connectivity index (χ0v) is 12.6. The molecular formula is C15H18ClN3O. The SMILES string of the molecule is CCNc1ncnc(Oc2cccc(Cl)c2)c1C(C)C. The topological polar surface area (TPSA) is 47.0 Å². The number of hydrogen-bond donors (Lipinski definition) is 1. The van der Waals surface area contributed by atoms with E-state index in [4.69, 9.17) is 16.3 Å². The lowest BCUT2D eigenvalue weighted by atomic mass is 10.1. The normalized spacial score (nSPS) is 10.7. The molecule has 0 spiro atoms. The van der Waals surface area contributed by atoms with Crippen LogP contribution in [0.3, 0.4) is 0 Å². The van der Waals surface area contributed by atoms with Gasteiger partial charge >= 0.3 is 0 Å². The fourth-order valence-electron chi connectivity index (χ4n) is 1.93. The first-order valence-corrected chi connectivity index (χ1v) is 7.01. The van der Waals surface area contributed by atoms with Crippen molar-refractivity contribution in [2.45, 2.75) is 26.7 Å². The summed E-state index contributed by atoms with van der Waals surface area (Å²) in [4.78, 5) is 8.53. The Morgan fingerprint density at radius 1 is 1.30 bits per heavy atom. The Balaban J connectivity index is 2.38. The summed E-state index contributed by atoms with van der Waals surface area (Å²) in [6, 6.07) is 7.27. The zero-order valence-electron chi connectivity index (χ0n) is 11.9. The van der Waals surface area contributed by atoms with Gasteiger partial charge in [0.15, 0.2) is 0 Å². The number of nitrogens with one attached hydrogen (secondary N) is 1. The van der Waals surface area contributed by atoms with E-state index in [2.05, 4.69) is 29.1 Å². The maximum Gasteiger partial charge on any atom is 0.227 e. The summed E-state index contributed by atoms with van der Waals surface area (Å²) in [7, 11) is 0. The minimum atomic E-state index is 0.249. The predicted octanol–water partition coefficient (Wildman–Crippen LogP) is 4.48. The fourth-order valence-corrected chi connectivity index (χ4v) is 2.11. The molecule has 0 unspecified atom stereocenters. The lowest BCUT2D eigenvalue weighted by molar-refractivity contribution is 0.452. The Bertz CT molecular complexity index is 587. The van der Waals surface area contributed by atoms with E-state index in [0.29, 0.717) is 16.7 Å². The average molecular weight is 292 g/mol. The van der Waals surface area contributed by atoms with Crippen LogP contribution in [0.25, 0.3) is 0 Å². The lowest BCUT2D eigenvalue weighted by Crippen LogP contribution is -2.07. The first-order valence-electron chi connectivity index (χ1n) is 6.64. The molecule has 1 aromatic heterocycles. The predicted molar refractivity (Wildman–Crippen MR) is 81.8 cm³/mol. The molecule has 106 valence electrons. The summed E-state index contributed by atoms with van der Waals surface area (Å²) < 4.78 is 5.86. The molecule has 0 bridgehead atoms. The molecule has 1 aromatic carbocycles. The van der Waals surface area contributed by atoms with E-state index in [9.17, 15) is 0 Å². The summed E-state index contributed by atoms with van der Waals surface area (Å²) in [6.45, 7) is 7.01. The number of benzene rings is 1. The number of rotatable bonds is 5. The van der Waals surface area contributed by atoms with Gasteiger partial charge < -0.3 is 10.1 Å². The molecule has 1 heterocycles. The van der Waals surface area contributed by atoms with Gasteiger partial charge in [0.2, 0.25) is 5.88 Å². The smallest absolute Gasteiger partial charge is 0.227 e. The number of aromatic nitrogens is 2. The van der Waals surface area contributed by atoms with E-state index in [1.807, 2.05) is 25.1 Å². The molecule has 0 aliphatic heterocycles. The average Bonchev–Trinajstić information content (AvgIpc) is 2.39. The molecule has 2 rings (SSSR count). The van der Waals surface area contributed by atoms with Crippen molar-refractivity contribution in [1.82, 2.24) is 9.97 Å². The first-order chi connectivity index (χ1) is 9.61. The van der Waals surface area contributed by atoms with Crippen LogP contribution in [0, 0.1) is 0 Å². The Morgan fingerprint density at radius 2 is 2.10 bits per heavy atom. The minimum absolute atomic E-state index is 0.249. The van der Waals surface area contributed by atoms with Crippen molar-refractivity contribution < 1.29 is 4.74 Å². The largest absolute Gasteiger partial charge is 0.438 e. The van der Waals surface area contributed by atoms with E-state index in [1.54, 1.807) is 6.07 Å². The lowest BCUT2D eigenvalue weighted by Gasteiger charge is -2.16. The van der Waals surface area contributed by atoms with Crippen LogP contribution in [0.1, 0.15) is 32.3 Å². The van der Waals surface area contributed by atoms with Gasteiger partial charge in [-0.25, -0.2) is 9.97 Å². The molecular weight excluding hydrogens is 274 g/mol. The molecule has 0 aliphatic carbocycles. The summed E-state index contributed by atoms with van der Waals surface area (Å²) in [5.41, 5.74) is 0.967. The second kappa shape index (κ2) is 6.57. The van der Waals surface area contributed by atoms with Gasteiger partial charge in [0, 0.05) is 11.6 Å². The van der Waals surface area contributed by atoms with Crippen LogP contribution in [0.2, 0.25) is 5.02 Å². The molecule has 0 aliphatic rings. The standard InChI is InChI=1S/C15H18ClN3O/c1-4-17-14-13(10(2)3)15(19-9-18-14)20-12-7-5-6-11(16)8-12/h5-10H,4H2,1-3H3,(H,17,18,19). The van der Waals surface area contributed by atoms with Crippen LogP contribution in [-0.2, 0) is 0 Å². The molecule has 0 saturated heterocycles. The van der Waals surface area contributed by atoms with Crippen molar-refractivity contribution in [3.8, 4) is 11.6 Å². The Kier molecular flexibility index (Phi) is 4.79. The van der Waals surface area contributed by atoms with Crippen LogP contribution in [-0.4, -0.2) is 16.5 Å². The number of hydrogen-bond acceptors (Lipinski definition) is 4. The van der Waals surface area contributed by atoms with Gasteiger partial charge in [-0.1, -0.05) is 31.5 Å². The highest BCUT2D eigenvalue weighted by atomic mass is 35.5. The quantitative estimate of drug-likeness (QED) is 0.882. The van der Waals surface area contributed by atoms with Crippen molar-refractivity contribution >= 4 is 17.4 Å². The van der Waals surface area contributed by atoms with Crippen LogP contribution in [0.4, 0.5) is 5.82 Å². The highest BCUT2D eigenvalue weighted by molar-refractivity contribution is 6.30. The van der Waals surface area contributed by atoms with E-state index < -0.39 is 0 Å². The van der Waals surface area contributed by atoms with Crippen LogP contribution in [0.5, 0.6) is 11.6 Å². The summed E-state index contributed by atoms with van der Waals surface area (Å²) in [5, 5.41) is 3.87. The maximum atomic E-state index is 5.97. The van der Waals surface area contributed by atoms with Crippen molar-refractivity contribution in [2.24, 2.45) is 0 Å². The molecule has 0 radical (unpaired) electrons. The Hall–Kier alpha value is -1.81. The van der Waals surface area contributed by atoms with E-state index >= 15 is 0 Å². The van der Waals surface area contributed by atoms with Crippen molar-refractivity contribution in [3.63, 3.8) is 0 Å². The monoisotopic (exact) mass is 291 g/mol. The first kappa shape index (κ1) is 14.6. The van der Waals surface area contributed by atoms with Gasteiger partial charge in [-0.3, -0.25) is 0 Å². The molecule has 0 amide bonds. The number of halogens is 1. The van der Waals surface area contributed by atoms with E-state index in [-0.39, 0.29) is 5.92 Å². The molecule has 4 nitrogen and oxygen atoms in total. The van der Waals surface area contributed by atoms with Gasteiger partial charge in [-0.15, -0.1) is 0 Å². The number of ether oxygens (including phenoxy) is 1. The molecule has 20 heavy (non-hydrogen) atoms. The van der Waals surface area contributed by atoms with Crippen LogP contribution < -0.4 is 10.1 Å². The van der Waals surface area contributed by atoms with Crippen molar-refractivity contribution in [3.05, 3.63) is 41.2 Å². The second-order valence-corrected chi connectivity index (χ2v) is 5.12. The Morgan fingerprint density at radius 3 is 2.75 bits per heavy atom. The van der Waals surface area contributed by atoms with Gasteiger partial charge in [0.05, 0.1) is 5.56 Å². The molecule has 0 atom stereocenters. The third-order valence-corrected chi connectivity index (χ3v) is 3.01. The van der Waals surface area contributed by atoms with Gasteiger partial charge in [0.25, 0.3) is 0 Å². The minimum Gasteiger partial charge on any atom is -0.438 e. The zero-order chi connectivity index (χ0) is 14.5. The molecule has 2 aromatic rings. The number of nitrogens with zero attached hydrogens (tertiary/aromatic N) is 2. The maximum absolute atomic E-state index is 5.97. The highest BCUT2D eigenvalue weighted by Crippen LogP contribution is 2.33. The fraction of sp³-hybridized carbons (Fsp3) is 0.333. The number of anilines is 1. The third-order valence-electron chi connectivity index (χ3n) is 2.78. The second-order valence-electron chi connectivity index (χ2n) is 4.69. The van der Waals surface area contributed by atoms with Crippen LogP contribution >= 0.6 is 11.6 Å². The molecule has 0 fully saturated rings.